The van der Waals surface area contributed by atoms with Crippen molar-refractivity contribution in [3.8, 4) is 0 Å². The van der Waals surface area contributed by atoms with Crippen molar-refractivity contribution >= 4 is 16.6 Å². The van der Waals surface area contributed by atoms with E-state index in [2.05, 4.69) is 48.5 Å². The molecule has 1 aromatic heterocycles. The van der Waals surface area contributed by atoms with Gasteiger partial charge in [0.15, 0.2) is 0 Å². The minimum absolute atomic E-state index is 0.257. The lowest BCUT2D eigenvalue weighted by molar-refractivity contribution is 0.118. The highest BCUT2D eigenvalue weighted by Crippen LogP contribution is 2.30. The lowest BCUT2D eigenvalue weighted by Gasteiger charge is -2.29. The Balaban J connectivity index is 2.05. The van der Waals surface area contributed by atoms with E-state index in [4.69, 9.17) is 9.72 Å². The number of nitrogens with one attached hydrogen (secondary N) is 1. The molecular weight excluding hydrogens is 262 g/mol. The summed E-state index contributed by atoms with van der Waals surface area (Å²) < 4.78 is 5.70. The number of nitrogens with zero attached hydrogens (tertiary/aromatic N) is 2. The predicted octanol–water partition coefficient (Wildman–Crippen LogP) is 2.57. The first-order valence-corrected chi connectivity index (χ1v) is 7.58. The second-order valence-electron chi connectivity index (χ2n) is 5.73. The van der Waals surface area contributed by atoms with Crippen LogP contribution in [0, 0.1) is 0 Å². The monoisotopic (exact) mass is 285 g/mol. The number of ether oxygens (including phenoxy) is 1. The van der Waals surface area contributed by atoms with E-state index < -0.39 is 0 Å². The molecule has 2 aromatic rings. The molecule has 4 heteroatoms. The normalized spacial score (nSPS) is 21.9. The van der Waals surface area contributed by atoms with Crippen molar-refractivity contribution in [2.24, 2.45) is 0 Å². The Morgan fingerprint density at radius 2 is 2.10 bits per heavy atom. The van der Waals surface area contributed by atoms with E-state index >= 15 is 0 Å². The zero-order valence-corrected chi connectivity index (χ0v) is 13.0. The summed E-state index contributed by atoms with van der Waals surface area (Å²) in [6.45, 7) is 3.82. The maximum absolute atomic E-state index is 5.70. The molecule has 1 aliphatic heterocycles. The van der Waals surface area contributed by atoms with E-state index in [0.717, 1.165) is 25.4 Å². The summed E-state index contributed by atoms with van der Waals surface area (Å²) in [6.07, 6.45) is 3.31. The number of hydrogen-bond acceptors (Lipinski definition) is 4. The van der Waals surface area contributed by atoms with E-state index in [9.17, 15) is 0 Å². The van der Waals surface area contributed by atoms with E-state index in [1.807, 2.05) is 13.2 Å². The van der Waals surface area contributed by atoms with Gasteiger partial charge in [-0.25, -0.2) is 4.98 Å². The average Bonchev–Trinajstić information content (AvgIpc) is 2.93. The van der Waals surface area contributed by atoms with Gasteiger partial charge in [-0.2, -0.15) is 0 Å². The summed E-state index contributed by atoms with van der Waals surface area (Å²) in [4.78, 5) is 7.02. The number of likely N-dealkylation sites (N-methyl/N-ethyl adjacent to an activating group) is 1. The van der Waals surface area contributed by atoms with Crippen LogP contribution in [0.2, 0.25) is 0 Å². The summed E-state index contributed by atoms with van der Waals surface area (Å²) in [5.74, 6) is 1.05. The lowest BCUT2D eigenvalue weighted by atomic mass is 10.0. The fourth-order valence-electron chi connectivity index (χ4n) is 3.23. The first-order valence-electron chi connectivity index (χ1n) is 7.58. The molecular formula is C17H23N3O. The molecule has 0 aliphatic carbocycles. The first kappa shape index (κ1) is 14.3. The van der Waals surface area contributed by atoms with E-state index in [0.29, 0.717) is 6.04 Å². The van der Waals surface area contributed by atoms with Crippen molar-refractivity contribution in [1.29, 1.82) is 0 Å². The summed E-state index contributed by atoms with van der Waals surface area (Å²) in [6, 6.07) is 8.91. The van der Waals surface area contributed by atoms with Crippen molar-refractivity contribution < 1.29 is 4.74 Å². The Labute approximate surface area is 126 Å². The van der Waals surface area contributed by atoms with Gasteiger partial charge in [-0.3, -0.25) is 0 Å². The molecule has 0 radical (unpaired) electrons. The molecule has 1 aliphatic rings. The maximum Gasteiger partial charge on any atom is 0.136 e. The van der Waals surface area contributed by atoms with Crippen LogP contribution in [0.25, 0.3) is 10.8 Å². The zero-order chi connectivity index (χ0) is 14.8. The molecule has 1 N–H and O–H groups in total. The lowest BCUT2D eigenvalue weighted by Crippen LogP contribution is -2.37. The summed E-state index contributed by atoms with van der Waals surface area (Å²) in [5, 5.41) is 5.70. The molecule has 2 heterocycles. The third kappa shape index (κ3) is 2.61. The van der Waals surface area contributed by atoms with E-state index in [1.165, 1.54) is 16.3 Å². The van der Waals surface area contributed by atoms with Crippen molar-refractivity contribution in [2.75, 3.05) is 25.6 Å². The predicted molar refractivity (Wildman–Crippen MR) is 86.7 cm³/mol. The van der Waals surface area contributed by atoms with Crippen LogP contribution in [0.15, 0.2) is 30.5 Å². The van der Waals surface area contributed by atoms with Gasteiger partial charge in [0.2, 0.25) is 0 Å². The molecule has 0 saturated carbocycles. The van der Waals surface area contributed by atoms with Crippen LogP contribution < -0.4 is 10.2 Å². The van der Waals surface area contributed by atoms with Crippen LogP contribution in [-0.4, -0.2) is 37.8 Å². The zero-order valence-electron chi connectivity index (χ0n) is 13.0. The van der Waals surface area contributed by atoms with Gasteiger partial charge in [0, 0.05) is 31.8 Å². The van der Waals surface area contributed by atoms with Crippen molar-refractivity contribution in [3.63, 3.8) is 0 Å². The highest BCUT2D eigenvalue weighted by Gasteiger charge is 2.29. The van der Waals surface area contributed by atoms with Crippen LogP contribution in [-0.2, 0) is 11.3 Å². The highest BCUT2D eigenvalue weighted by atomic mass is 16.5. The Kier molecular flexibility index (Phi) is 4.08. The van der Waals surface area contributed by atoms with Crippen molar-refractivity contribution in [1.82, 2.24) is 10.3 Å². The standard InChI is InChI=1S/C17H23N3O/c1-12-16(8-9-21-12)20(3)17-15-7-5-4-6-14(15)13(10-18-2)11-19-17/h4-7,11-12,16,18H,8-10H2,1-3H3. The second-order valence-corrected chi connectivity index (χ2v) is 5.73. The van der Waals surface area contributed by atoms with Gasteiger partial charge >= 0.3 is 0 Å². The number of pyridine rings is 1. The van der Waals surface area contributed by atoms with Crippen molar-refractivity contribution in [3.05, 3.63) is 36.0 Å². The van der Waals surface area contributed by atoms with Gasteiger partial charge in [0.25, 0.3) is 0 Å². The fourth-order valence-corrected chi connectivity index (χ4v) is 3.23. The molecule has 0 spiro atoms. The Morgan fingerprint density at radius 3 is 2.76 bits per heavy atom. The van der Waals surface area contributed by atoms with Gasteiger partial charge in [-0.1, -0.05) is 24.3 Å². The number of rotatable bonds is 4. The third-order valence-corrected chi connectivity index (χ3v) is 4.39. The van der Waals surface area contributed by atoms with Crippen LogP contribution in [0.4, 0.5) is 5.82 Å². The van der Waals surface area contributed by atoms with Crippen LogP contribution >= 0.6 is 0 Å². The second kappa shape index (κ2) is 6.00. The highest BCUT2D eigenvalue weighted by molar-refractivity contribution is 5.94. The van der Waals surface area contributed by atoms with Crippen molar-refractivity contribution in [2.45, 2.75) is 32.0 Å². The van der Waals surface area contributed by atoms with Gasteiger partial charge in [-0.15, -0.1) is 0 Å². The molecule has 1 saturated heterocycles. The molecule has 0 bridgehead atoms. The van der Waals surface area contributed by atoms with Gasteiger partial charge < -0.3 is 15.0 Å². The molecule has 1 fully saturated rings. The minimum atomic E-state index is 0.257. The summed E-state index contributed by atoms with van der Waals surface area (Å²) in [5.41, 5.74) is 1.24. The minimum Gasteiger partial charge on any atom is -0.376 e. The van der Waals surface area contributed by atoms with Gasteiger partial charge in [-0.05, 0) is 31.3 Å². The number of hydrogen-bond donors (Lipinski definition) is 1. The van der Waals surface area contributed by atoms with Gasteiger partial charge in [0.05, 0.1) is 12.1 Å². The molecule has 4 nitrogen and oxygen atoms in total. The van der Waals surface area contributed by atoms with Crippen LogP contribution in [0.5, 0.6) is 0 Å². The Morgan fingerprint density at radius 1 is 1.33 bits per heavy atom. The molecule has 112 valence electrons. The molecule has 21 heavy (non-hydrogen) atoms. The Bertz CT molecular complexity index is 628. The largest absolute Gasteiger partial charge is 0.376 e. The van der Waals surface area contributed by atoms with Crippen LogP contribution in [0.3, 0.4) is 0 Å². The molecule has 3 rings (SSSR count). The quantitative estimate of drug-likeness (QED) is 0.937. The fraction of sp³-hybridized carbons (Fsp3) is 0.471. The smallest absolute Gasteiger partial charge is 0.136 e. The van der Waals surface area contributed by atoms with Crippen LogP contribution in [0.1, 0.15) is 18.9 Å². The van der Waals surface area contributed by atoms with E-state index in [-0.39, 0.29) is 6.10 Å². The SMILES string of the molecule is CNCc1cnc(N(C)C2CCOC2C)c2ccccc12. The number of anilines is 1. The number of aromatic nitrogens is 1. The summed E-state index contributed by atoms with van der Waals surface area (Å²) in [7, 11) is 4.09. The number of fused-ring (bicyclic) bond motifs is 1. The van der Waals surface area contributed by atoms with E-state index in [1.54, 1.807) is 0 Å². The third-order valence-electron chi connectivity index (χ3n) is 4.39. The topological polar surface area (TPSA) is 37.4 Å². The number of benzene rings is 1. The molecule has 2 unspecified atom stereocenters. The molecule has 0 amide bonds. The first-order chi connectivity index (χ1) is 10.2. The molecule has 2 atom stereocenters. The van der Waals surface area contributed by atoms with Gasteiger partial charge in [0.1, 0.15) is 5.82 Å². The average molecular weight is 285 g/mol. The maximum atomic E-state index is 5.70. The summed E-state index contributed by atoms with van der Waals surface area (Å²) >= 11 is 0. The molecule has 1 aromatic carbocycles. The Hall–Kier alpha value is -1.65.